The normalized spacial score (nSPS) is 9.72. The maximum atomic E-state index is 11.7. The van der Waals surface area contributed by atoms with Crippen molar-refractivity contribution in [2.75, 3.05) is 25.6 Å². The van der Waals surface area contributed by atoms with Crippen LogP contribution in [0.1, 0.15) is 17.3 Å². The number of amides is 2. The van der Waals surface area contributed by atoms with Crippen molar-refractivity contribution in [3.63, 3.8) is 0 Å². The summed E-state index contributed by atoms with van der Waals surface area (Å²) < 4.78 is 5.08. The Morgan fingerprint density at radius 1 is 1.39 bits per heavy atom. The fourth-order valence-corrected chi connectivity index (χ4v) is 1.41. The molecule has 0 radical (unpaired) electrons. The minimum Gasteiger partial charge on any atom is -0.495 e. The van der Waals surface area contributed by atoms with E-state index in [1.54, 1.807) is 12.1 Å². The number of hydrogen-bond donors (Lipinski definition) is 3. The zero-order valence-electron chi connectivity index (χ0n) is 10.3. The van der Waals surface area contributed by atoms with Gasteiger partial charge in [-0.2, -0.15) is 0 Å². The number of carbonyl (C=O) groups excluding carboxylic acids is 2. The van der Waals surface area contributed by atoms with Gasteiger partial charge in [-0.05, 0) is 18.2 Å². The highest BCUT2D eigenvalue weighted by Crippen LogP contribution is 2.25. The Bertz CT molecular complexity index is 446. The number of aliphatic hydroxyl groups is 1. The topological polar surface area (TPSA) is 87.7 Å². The Hall–Kier alpha value is -2.08. The van der Waals surface area contributed by atoms with Gasteiger partial charge in [0.1, 0.15) is 5.75 Å². The summed E-state index contributed by atoms with van der Waals surface area (Å²) in [4.78, 5) is 22.7. The molecule has 1 aromatic rings. The van der Waals surface area contributed by atoms with Gasteiger partial charge < -0.3 is 20.5 Å². The van der Waals surface area contributed by atoms with Crippen molar-refractivity contribution >= 4 is 17.5 Å². The fraction of sp³-hybridized carbons (Fsp3) is 0.333. The molecule has 1 rings (SSSR count). The minimum absolute atomic E-state index is 0.125. The Balaban J connectivity index is 2.94. The van der Waals surface area contributed by atoms with Crippen LogP contribution in [0.25, 0.3) is 0 Å². The Morgan fingerprint density at radius 3 is 2.67 bits per heavy atom. The van der Waals surface area contributed by atoms with Gasteiger partial charge in [0.05, 0.1) is 19.4 Å². The molecule has 0 saturated heterocycles. The second-order valence-electron chi connectivity index (χ2n) is 3.58. The van der Waals surface area contributed by atoms with Crippen LogP contribution >= 0.6 is 0 Å². The summed E-state index contributed by atoms with van der Waals surface area (Å²) in [6.45, 7) is 1.43. The van der Waals surface area contributed by atoms with Crippen molar-refractivity contribution in [3.8, 4) is 5.75 Å². The van der Waals surface area contributed by atoms with Crippen LogP contribution in [0.5, 0.6) is 5.75 Å². The summed E-state index contributed by atoms with van der Waals surface area (Å²) in [5.74, 6) is -0.0940. The number of carbonyl (C=O) groups is 2. The number of rotatable bonds is 5. The van der Waals surface area contributed by atoms with Crippen LogP contribution in [0.3, 0.4) is 0 Å². The summed E-state index contributed by atoms with van der Waals surface area (Å²) >= 11 is 0. The number of benzene rings is 1. The minimum atomic E-state index is -0.321. The summed E-state index contributed by atoms with van der Waals surface area (Å²) in [5, 5.41) is 13.7. The van der Waals surface area contributed by atoms with E-state index < -0.39 is 0 Å². The Labute approximate surface area is 105 Å². The average molecular weight is 252 g/mol. The highest BCUT2D eigenvalue weighted by atomic mass is 16.5. The van der Waals surface area contributed by atoms with Crippen molar-refractivity contribution in [3.05, 3.63) is 23.8 Å². The van der Waals surface area contributed by atoms with Crippen LogP contribution < -0.4 is 15.4 Å². The van der Waals surface area contributed by atoms with Crippen LogP contribution in [0.4, 0.5) is 5.69 Å². The molecule has 0 spiro atoms. The number of anilines is 1. The van der Waals surface area contributed by atoms with E-state index in [1.807, 2.05) is 0 Å². The Morgan fingerprint density at radius 2 is 2.11 bits per heavy atom. The van der Waals surface area contributed by atoms with Crippen molar-refractivity contribution in [1.29, 1.82) is 0 Å². The van der Waals surface area contributed by atoms with E-state index in [0.29, 0.717) is 17.0 Å². The number of ether oxygens (including phenoxy) is 1. The van der Waals surface area contributed by atoms with Crippen LogP contribution in [-0.2, 0) is 4.79 Å². The molecule has 98 valence electrons. The summed E-state index contributed by atoms with van der Waals surface area (Å²) in [6, 6.07) is 4.70. The van der Waals surface area contributed by atoms with E-state index >= 15 is 0 Å². The molecule has 0 heterocycles. The van der Waals surface area contributed by atoms with Crippen molar-refractivity contribution in [2.45, 2.75) is 6.92 Å². The van der Waals surface area contributed by atoms with E-state index in [9.17, 15) is 9.59 Å². The summed E-state index contributed by atoms with van der Waals surface area (Å²) in [7, 11) is 1.48. The van der Waals surface area contributed by atoms with Crippen molar-refractivity contribution < 1.29 is 19.4 Å². The van der Waals surface area contributed by atoms with E-state index in [4.69, 9.17) is 9.84 Å². The highest BCUT2D eigenvalue weighted by Gasteiger charge is 2.10. The molecule has 18 heavy (non-hydrogen) atoms. The number of methoxy groups -OCH3 is 1. The molecular formula is C12H16N2O4. The summed E-state index contributed by atoms with van der Waals surface area (Å²) in [5.41, 5.74) is 0.814. The first-order valence-corrected chi connectivity index (χ1v) is 5.43. The molecule has 6 nitrogen and oxygen atoms in total. The first-order valence-electron chi connectivity index (χ1n) is 5.43. The molecular weight excluding hydrogens is 236 g/mol. The van der Waals surface area contributed by atoms with E-state index in [1.165, 1.54) is 20.1 Å². The van der Waals surface area contributed by atoms with E-state index in [-0.39, 0.29) is 25.0 Å². The van der Waals surface area contributed by atoms with Gasteiger partial charge >= 0.3 is 0 Å². The molecule has 2 amide bonds. The second kappa shape index (κ2) is 6.61. The van der Waals surface area contributed by atoms with Gasteiger partial charge in [-0.25, -0.2) is 0 Å². The van der Waals surface area contributed by atoms with Gasteiger partial charge in [-0.1, -0.05) is 0 Å². The van der Waals surface area contributed by atoms with Gasteiger partial charge in [0.15, 0.2) is 0 Å². The van der Waals surface area contributed by atoms with Gasteiger partial charge in [0.25, 0.3) is 5.91 Å². The monoisotopic (exact) mass is 252 g/mol. The third-order valence-electron chi connectivity index (χ3n) is 2.17. The predicted octanol–water partition coefficient (Wildman–Crippen LogP) is 0.376. The SMILES string of the molecule is COc1ccc(C(=O)NCCO)cc1NC(C)=O. The molecule has 0 aromatic heterocycles. The molecule has 0 saturated carbocycles. The first kappa shape index (κ1) is 14.0. The molecule has 0 aliphatic carbocycles. The largest absolute Gasteiger partial charge is 0.495 e. The van der Waals surface area contributed by atoms with Gasteiger partial charge in [0.2, 0.25) is 5.91 Å². The third kappa shape index (κ3) is 3.74. The molecule has 0 aliphatic heterocycles. The predicted molar refractivity (Wildman–Crippen MR) is 66.7 cm³/mol. The van der Waals surface area contributed by atoms with Crippen molar-refractivity contribution in [2.24, 2.45) is 0 Å². The second-order valence-corrected chi connectivity index (χ2v) is 3.58. The highest BCUT2D eigenvalue weighted by molar-refractivity contribution is 5.97. The smallest absolute Gasteiger partial charge is 0.251 e. The quantitative estimate of drug-likeness (QED) is 0.706. The van der Waals surface area contributed by atoms with Gasteiger partial charge in [-0.3, -0.25) is 9.59 Å². The molecule has 0 aliphatic rings. The number of nitrogens with one attached hydrogen (secondary N) is 2. The third-order valence-corrected chi connectivity index (χ3v) is 2.17. The lowest BCUT2D eigenvalue weighted by atomic mass is 10.1. The van der Waals surface area contributed by atoms with Crippen molar-refractivity contribution in [1.82, 2.24) is 5.32 Å². The molecule has 3 N–H and O–H groups in total. The molecule has 0 bridgehead atoms. The maximum Gasteiger partial charge on any atom is 0.251 e. The standard InChI is InChI=1S/C12H16N2O4/c1-8(16)14-10-7-9(3-4-11(10)18-2)12(17)13-5-6-15/h3-4,7,15H,5-6H2,1-2H3,(H,13,17)(H,14,16). The zero-order valence-corrected chi connectivity index (χ0v) is 10.3. The number of hydrogen-bond acceptors (Lipinski definition) is 4. The fourth-order valence-electron chi connectivity index (χ4n) is 1.41. The zero-order chi connectivity index (χ0) is 13.5. The van der Waals surface area contributed by atoms with Crippen LogP contribution in [0, 0.1) is 0 Å². The van der Waals surface area contributed by atoms with E-state index in [0.717, 1.165) is 0 Å². The first-order chi connectivity index (χ1) is 8.58. The molecule has 0 unspecified atom stereocenters. The summed E-state index contributed by atoms with van der Waals surface area (Å²) in [6.07, 6.45) is 0. The lowest BCUT2D eigenvalue weighted by Crippen LogP contribution is -2.26. The molecule has 0 atom stereocenters. The lowest BCUT2D eigenvalue weighted by molar-refractivity contribution is -0.114. The molecule has 1 aromatic carbocycles. The maximum absolute atomic E-state index is 11.7. The van der Waals surface area contributed by atoms with Crippen LogP contribution in [0.2, 0.25) is 0 Å². The number of aliphatic hydroxyl groups excluding tert-OH is 1. The molecule has 6 heteroatoms. The molecule has 0 fully saturated rings. The van der Waals surface area contributed by atoms with E-state index in [2.05, 4.69) is 10.6 Å². The van der Waals surface area contributed by atoms with Crippen LogP contribution in [0.15, 0.2) is 18.2 Å². The van der Waals surface area contributed by atoms with Gasteiger partial charge in [0, 0.05) is 19.0 Å². The lowest BCUT2D eigenvalue weighted by Gasteiger charge is -2.11. The average Bonchev–Trinajstić information content (AvgIpc) is 2.35. The van der Waals surface area contributed by atoms with Gasteiger partial charge in [-0.15, -0.1) is 0 Å². The Kier molecular flexibility index (Phi) is 5.13. The van der Waals surface area contributed by atoms with Crippen LogP contribution in [-0.4, -0.2) is 37.2 Å².